The first-order valence-electron chi connectivity index (χ1n) is 8.42. The molecule has 7 heteroatoms. The predicted octanol–water partition coefficient (Wildman–Crippen LogP) is 0.505. The molecular weight excluding hydrogens is 308 g/mol. The van der Waals surface area contributed by atoms with Crippen LogP contribution in [0, 0.1) is 5.92 Å². The van der Waals surface area contributed by atoms with Crippen molar-refractivity contribution < 1.29 is 14.3 Å². The highest BCUT2D eigenvalue weighted by atomic mass is 16.5. The van der Waals surface area contributed by atoms with Crippen LogP contribution in [0.3, 0.4) is 0 Å². The maximum atomic E-state index is 12.1. The van der Waals surface area contributed by atoms with Gasteiger partial charge in [0.2, 0.25) is 11.8 Å². The van der Waals surface area contributed by atoms with Crippen molar-refractivity contribution in [1.29, 1.82) is 0 Å². The van der Waals surface area contributed by atoms with Gasteiger partial charge in [0, 0.05) is 31.0 Å². The van der Waals surface area contributed by atoms with Crippen molar-refractivity contribution in [3.05, 3.63) is 24.3 Å². The smallest absolute Gasteiger partial charge is 0.238 e. The van der Waals surface area contributed by atoms with Crippen molar-refractivity contribution in [1.82, 2.24) is 10.2 Å². The second-order valence-corrected chi connectivity index (χ2v) is 6.19. The number of nitrogens with zero attached hydrogens (tertiary/aromatic N) is 1. The van der Waals surface area contributed by atoms with Crippen molar-refractivity contribution in [2.75, 3.05) is 56.6 Å². The fourth-order valence-corrected chi connectivity index (χ4v) is 2.92. The zero-order valence-electron chi connectivity index (χ0n) is 13.7. The highest BCUT2D eigenvalue weighted by Gasteiger charge is 2.22. The van der Waals surface area contributed by atoms with E-state index in [1.54, 1.807) is 12.1 Å². The number of hydrogen-bond donors (Lipinski definition) is 3. The number of rotatable bonds is 5. The van der Waals surface area contributed by atoms with Gasteiger partial charge in [0.05, 0.1) is 25.7 Å². The van der Waals surface area contributed by atoms with Gasteiger partial charge in [-0.05, 0) is 37.2 Å². The highest BCUT2D eigenvalue weighted by molar-refractivity contribution is 5.94. The summed E-state index contributed by atoms with van der Waals surface area (Å²) in [7, 11) is 0. The second kappa shape index (κ2) is 8.23. The minimum Gasteiger partial charge on any atom is -0.379 e. The monoisotopic (exact) mass is 332 g/mol. The second-order valence-electron chi connectivity index (χ2n) is 6.19. The summed E-state index contributed by atoms with van der Waals surface area (Å²) in [6.45, 7) is 4.93. The van der Waals surface area contributed by atoms with Crippen molar-refractivity contribution >= 4 is 23.2 Å². The molecule has 1 unspecified atom stereocenters. The van der Waals surface area contributed by atoms with E-state index in [2.05, 4.69) is 20.9 Å². The Hall–Kier alpha value is -1.96. The molecule has 0 saturated carbocycles. The molecule has 3 rings (SSSR count). The summed E-state index contributed by atoms with van der Waals surface area (Å²) in [6.07, 6.45) is 0.877. The number of carbonyl (C=O) groups is 2. The minimum atomic E-state index is -0.0364. The molecule has 1 aromatic carbocycles. The van der Waals surface area contributed by atoms with Crippen LogP contribution < -0.4 is 16.0 Å². The average molecular weight is 332 g/mol. The van der Waals surface area contributed by atoms with Crippen molar-refractivity contribution in [3.8, 4) is 0 Å². The number of nitrogens with one attached hydrogen (secondary N) is 3. The molecule has 130 valence electrons. The summed E-state index contributed by atoms with van der Waals surface area (Å²) in [5, 5.41) is 8.98. The Kier molecular flexibility index (Phi) is 5.79. The third-order valence-electron chi connectivity index (χ3n) is 4.34. The molecule has 0 aliphatic carbocycles. The Morgan fingerprint density at radius 2 is 1.79 bits per heavy atom. The molecule has 2 fully saturated rings. The summed E-state index contributed by atoms with van der Waals surface area (Å²) in [4.78, 5) is 26.2. The summed E-state index contributed by atoms with van der Waals surface area (Å²) in [5.41, 5.74) is 1.48. The van der Waals surface area contributed by atoms with Crippen LogP contribution in [-0.4, -0.2) is 62.7 Å². The lowest BCUT2D eigenvalue weighted by Gasteiger charge is -2.25. The van der Waals surface area contributed by atoms with Gasteiger partial charge < -0.3 is 20.7 Å². The first kappa shape index (κ1) is 16.9. The van der Waals surface area contributed by atoms with Crippen molar-refractivity contribution in [2.24, 2.45) is 5.92 Å². The zero-order valence-corrected chi connectivity index (χ0v) is 13.7. The van der Waals surface area contributed by atoms with Gasteiger partial charge in [0.25, 0.3) is 0 Å². The van der Waals surface area contributed by atoms with Crippen LogP contribution in [0.15, 0.2) is 24.3 Å². The van der Waals surface area contributed by atoms with Crippen LogP contribution in [-0.2, 0) is 14.3 Å². The Morgan fingerprint density at radius 3 is 2.42 bits per heavy atom. The molecular formula is C17H24N4O3. The lowest BCUT2D eigenvalue weighted by atomic mass is 10.1. The number of hydrogen-bond acceptors (Lipinski definition) is 5. The molecule has 2 aliphatic rings. The molecule has 24 heavy (non-hydrogen) atoms. The highest BCUT2D eigenvalue weighted by Crippen LogP contribution is 2.16. The Labute approximate surface area is 141 Å². The third-order valence-corrected chi connectivity index (χ3v) is 4.34. The molecule has 2 saturated heterocycles. The molecule has 2 aliphatic heterocycles. The molecule has 1 aromatic rings. The Balaban J connectivity index is 1.46. The molecule has 0 aromatic heterocycles. The topological polar surface area (TPSA) is 82.7 Å². The van der Waals surface area contributed by atoms with Crippen LogP contribution in [0.4, 0.5) is 11.4 Å². The standard InChI is InChI=1S/C17H24N4O3/c22-16(12-21-7-9-24-10-8-21)19-14-1-3-15(4-2-14)20-17(23)13-5-6-18-11-13/h1-4,13,18H,5-12H2,(H,19,22)(H,20,23). The summed E-state index contributed by atoms with van der Waals surface area (Å²) < 4.78 is 5.27. The largest absolute Gasteiger partial charge is 0.379 e. The van der Waals surface area contributed by atoms with E-state index in [0.29, 0.717) is 19.8 Å². The zero-order chi connectivity index (χ0) is 16.8. The Bertz CT molecular complexity index is 564. The fourth-order valence-electron chi connectivity index (χ4n) is 2.92. The molecule has 0 spiro atoms. The number of carbonyl (C=O) groups excluding carboxylic acids is 2. The van der Waals surface area contributed by atoms with E-state index in [1.165, 1.54) is 0 Å². The number of morpholine rings is 1. The molecule has 0 radical (unpaired) electrons. The van der Waals surface area contributed by atoms with Crippen LogP contribution in [0.2, 0.25) is 0 Å². The van der Waals surface area contributed by atoms with Gasteiger partial charge in [-0.25, -0.2) is 0 Å². The summed E-state index contributed by atoms with van der Waals surface area (Å²) in [6, 6.07) is 7.23. The van der Waals surface area contributed by atoms with Crippen molar-refractivity contribution in [3.63, 3.8) is 0 Å². The fraction of sp³-hybridized carbons (Fsp3) is 0.529. The van der Waals surface area contributed by atoms with E-state index in [-0.39, 0.29) is 17.7 Å². The maximum Gasteiger partial charge on any atom is 0.238 e. The summed E-state index contributed by atoms with van der Waals surface area (Å²) >= 11 is 0. The number of amides is 2. The van der Waals surface area contributed by atoms with E-state index < -0.39 is 0 Å². The number of benzene rings is 1. The van der Waals surface area contributed by atoms with E-state index >= 15 is 0 Å². The van der Waals surface area contributed by atoms with E-state index in [4.69, 9.17) is 4.74 Å². The number of anilines is 2. The number of ether oxygens (including phenoxy) is 1. The molecule has 1 atom stereocenters. The lowest BCUT2D eigenvalue weighted by Crippen LogP contribution is -2.41. The predicted molar refractivity (Wildman–Crippen MR) is 91.9 cm³/mol. The first-order valence-corrected chi connectivity index (χ1v) is 8.42. The van der Waals surface area contributed by atoms with Crippen LogP contribution in [0.25, 0.3) is 0 Å². The normalized spacial score (nSPS) is 21.4. The van der Waals surface area contributed by atoms with Crippen LogP contribution in [0.5, 0.6) is 0 Å². The lowest BCUT2D eigenvalue weighted by molar-refractivity contribution is -0.119. The quantitative estimate of drug-likeness (QED) is 0.732. The van der Waals surface area contributed by atoms with Crippen LogP contribution >= 0.6 is 0 Å². The molecule has 3 N–H and O–H groups in total. The maximum absolute atomic E-state index is 12.1. The first-order chi connectivity index (χ1) is 11.7. The molecule has 7 nitrogen and oxygen atoms in total. The van der Waals surface area contributed by atoms with E-state index in [1.807, 2.05) is 12.1 Å². The van der Waals surface area contributed by atoms with E-state index in [0.717, 1.165) is 44.0 Å². The molecule has 2 heterocycles. The van der Waals surface area contributed by atoms with Gasteiger partial charge in [0.15, 0.2) is 0 Å². The molecule has 0 bridgehead atoms. The van der Waals surface area contributed by atoms with E-state index in [9.17, 15) is 9.59 Å². The van der Waals surface area contributed by atoms with Crippen molar-refractivity contribution in [2.45, 2.75) is 6.42 Å². The molecule has 2 amide bonds. The van der Waals surface area contributed by atoms with Gasteiger partial charge in [0.1, 0.15) is 0 Å². The average Bonchev–Trinajstić information content (AvgIpc) is 3.12. The van der Waals surface area contributed by atoms with Gasteiger partial charge in [-0.3, -0.25) is 14.5 Å². The minimum absolute atomic E-state index is 0.0364. The third kappa shape index (κ3) is 4.77. The van der Waals surface area contributed by atoms with Gasteiger partial charge >= 0.3 is 0 Å². The van der Waals surface area contributed by atoms with Gasteiger partial charge in [-0.2, -0.15) is 0 Å². The summed E-state index contributed by atoms with van der Waals surface area (Å²) in [5.74, 6) is 0.0488. The van der Waals surface area contributed by atoms with Gasteiger partial charge in [-0.1, -0.05) is 0 Å². The van der Waals surface area contributed by atoms with Crippen LogP contribution in [0.1, 0.15) is 6.42 Å². The Morgan fingerprint density at radius 1 is 1.12 bits per heavy atom. The SMILES string of the molecule is O=C(CN1CCOCC1)Nc1ccc(NC(=O)C2CCNC2)cc1. The van der Waals surface area contributed by atoms with Gasteiger partial charge in [-0.15, -0.1) is 0 Å².